The van der Waals surface area contributed by atoms with E-state index in [-0.39, 0.29) is 6.61 Å². The summed E-state index contributed by atoms with van der Waals surface area (Å²) >= 11 is 0. The van der Waals surface area contributed by atoms with E-state index < -0.39 is 0 Å². The number of hydrogen-bond acceptors (Lipinski definition) is 4. The summed E-state index contributed by atoms with van der Waals surface area (Å²) in [7, 11) is 2.14. The van der Waals surface area contributed by atoms with Crippen LogP contribution < -0.4 is 4.74 Å². The standard InChI is InChI=1S/C17H26N2O2/c1-3-12-21-17-7-5-4-6-15(17)13-19-10-9-18(2)16(14-19)8-11-20/h3-7,16,20H,1,8-14H2,2H3/t16-/m1/s1. The average Bonchev–Trinajstić information content (AvgIpc) is 2.50. The molecule has 1 atom stereocenters. The summed E-state index contributed by atoms with van der Waals surface area (Å²) in [4.78, 5) is 4.78. The van der Waals surface area contributed by atoms with Gasteiger partial charge in [-0.3, -0.25) is 4.90 Å². The highest BCUT2D eigenvalue weighted by molar-refractivity contribution is 5.33. The van der Waals surface area contributed by atoms with Crippen LogP contribution in [0.1, 0.15) is 12.0 Å². The van der Waals surface area contributed by atoms with E-state index in [0.29, 0.717) is 12.6 Å². The molecule has 2 rings (SSSR count). The number of para-hydroxylation sites is 1. The zero-order valence-corrected chi connectivity index (χ0v) is 12.9. The molecular weight excluding hydrogens is 264 g/mol. The van der Waals surface area contributed by atoms with Crippen molar-refractivity contribution >= 4 is 0 Å². The molecule has 1 fully saturated rings. The highest BCUT2D eigenvalue weighted by Gasteiger charge is 2.24. The van der Waals surface area contributed by atoms with E-state index in [1.54, 1.807) is 6.08 Å². The molecule has 1 aromatic carbocycles. The molecule has 1 aliphatic heterocycles. The molecule has 0 unspecified atom stereocenters. The molecule has 1 saturated heterocycles. The summed E-state index contributed by atoms with van der Waals surface area (Å²) in [5.41, 5.74) is 1.21. The van der Waals surface area contributed by atoms with Crippen LogP contribution in [0, 0.1) is 0 Å². The molecule has 21 heavy (non-hydrogen) atoms. The van der Waals surface area contributed by atoms with Gasteiger partial charge in [-0.2, -0.15) is 0 Å². The monoisotopic (exact) mass is 290 g/mol. The minimum atomic E-state index is 0.252. The Morgan fingerprint density at radius 1 is 1.38 bits per heavy atom. The van der Waals surface area contributed by atoms with Gasteiger partial charge < -0.3 is 14.7 Å². The summed E-state index contributed by atoms with van der Waals surface area (Å²) in [6, 6.07) is 8.63. The van der Waals surface area contributed by atoms with Gasteiger partial charge in [0.15, 0.2) is 0 Å². The van der Waals surface area contributed by atoms with Gasteiger partial charge in [-0.15, -0.1) is 0 Å². The molecule has 0 amide bonds. The Balaban J connectivity index is 1.99. The Hall–Kier alpha value is -1.36. The molecule has 4 nitrogen and oxygen atoms in total. The van der Waals surface area contributed by atoms with Crippen LogP contribution in [0.25, 0.3) is 0 Å². The van der Waals surface area contributed by atoms with Gasteiger partial charge >= 0.3 is 0 Å². The Kier molecular flexibility index (Phi) is 6.23. The predicted octanol–water partition coefficient (Wildman–Crippen LogP) is 1.75. The normalized spacial score (nSPS) is 20.4. The third kappa shape index (κ3) is 4.56. The van der Waals surface area contributed by atoms with Crippen molar-refractivity contribution in [2.45, 2.75) is 19.0 Å². The van der Waals surface area contributed by atoms with Gasteiger partial charge in [-0.05, 0) is 19.5 Å². The van der Waals surface area contributed by atoms with Crippen LogP contribution in [0.2, 0.25) is 0 Å². The molecule has 1 heterocycles. The quantitative estimate of drug-likeness (QED) is 0.776. The molecule has 1 aromatic rings. The maximum atomic E-state index is 9.18. The van der Waals surface area contributed by atoms with Crippen molar-refractivity contribution in [2.75, 3.05) is 39.9 Å². The van der Waals surface area contributed by atoms with Crippen molar-refractivity contribution in [3.05, 3.63) is 42.5 Å². The number of nitrogens with zero attached hydrogens (tertiary/aromatic N) is 2. The van der Waals surface area contributed by atoms with Crippen LogP contribution >= 0.6 is 0 Å². The molecule has 0 saturated carbocycles. The largest absolute Gasteiger partial charge is 0.489 e. The van der Waals surface area contributed by atoms with Crippen molar-refractivity contribution in [1.82, 2.24) is 9.80 Å². The lowest BCUT2D eigenvalue weighted by atomic mass is 10.1. The highest BCUT2D eigenvalue weighted by atomic mass is 16.5. The summed E-state index contributed by atoms with van der Waals surface area (Å²) in [5, 5.41) is 9.18. The van der Waals surface area contributed by atoms with Crippen molar-refractivity contribution in [2.24, 2.45) is 0 Å². The van der Waals surface area contributed by atoms with Crippen LogP contribution in [-0.2, 0) is 6.54 Å². The Morgan fingerprint density at radius 3 is 2.95 bits per heavy atom. The Morgan fingerprint density at radius 2 is 2.19 bits per heavy atom. The third-order valence-corrected chi connectivity index (χ3v) is 4.05. The lowest BCUT2D eigenvalue weighted by Gasteiger charge is -2.39. The van der Waals surface area contributed by atoms with Crippen molar-refractivity contribution in [1.29, 1.82) is 0 Å². The number of rotatable bonds is 7. The minimum Gasteiger partial charge on any atom is -0.489 e. The van der Waals surface area contributed by atoms with Gasteiger partial charge in [0.1, 0.15) is 12.4 Å². The van der Waals surface area contributed by atoms with E-state index >= 15 is 0 Å². The van der Waals surface area contributed by atoms with E-state index in [1.807, 2.05) is 12.1 Å². The lowest BCUT2D eigenvalue weighted by Crippen LogP contribution is -2.51. The number of aliphatic hydroxyl groups excluding tert-OH is 1. The first-order chi connectivity index (χ1) is 10.2. The smallest absolute Gasteiger partial charge is 0.124 e. The molecule has 0 bridgehead atoms. The van der Waals surface area contributed by atoms with Gasteiger partial charge in [-0.1, -0.05) is 30.9 Å². The van der Waals surface area contributed by atoms with E-state index in [0.717, 1.165) is 38.3 Å². The van der Waals surface area contributed by atoms with Gasteiger partial charge in [-0.25, -0.2) is 0 Å². The highest BCUT2D eigenvalue weighted by Crippen LogP contribution is 2.21. The maximum absolute atomic E-state index is 9.18. The number of aliphatic hydroxyl groups is 1. The topological polar surface area (TPSA) is 35.9 Å². The van der Waals surface area contributed by atoms with Gasteiger partial charge in [0, 0.05) is 44.4 Å². The van der Waals surface area contributed by atoms with E-state index in [4.69, 9.17) is 4.74 Å². The average molecular weight is 290 g/mol. The van der Waals surface area contributed by atoms with Crippen LogP contribution in [0.15, 0.2) is 36.9 Å². The molecular formula is C17H26N2O2. The van der Waals surface area contributed by atoms with Crippen LogP contribution in [0.5, 0.6) is 5.75 Å². The van der Waals surface area contributed by atoms with E-state index in [9.17, 15) is 5.11 Å². The predicted molar refractivity (Wildman–Crippen MR) is 85.5 cm³/mol. The molecule has 0 aromatic heterocycles. The summed E-state index contributed by atoms with van der Waals surface area (Å²) < 4.78 is 5.73. The second kappa shape index (κ2) is 8.17. The number of likely N-dealkylation sites (N-methyl/N-ethyl adjacent to an activating group) is 1. The Labute approximate surface area is 127 Å². The van der Waals surface area contributed by atoms with Gasteiger partial charge in [0.05, 0.1) is 0 Å². The molecule has 0 spiro atoms. The number of hydrogen-bond donors (Lipinski definition) is 1. The SMILES string of the molecule is C=CCOc1ccccc1CN1CCN(C)[C@H](CCO)C1. The van der Waals surface area contributed by atoms with Crippen molar-refractivity contribution in [3.8, 4) is 5.75 Å². The van der Waals surface area contributed by atoms with Crippen molar-refractivity contribution < 1.29 is 9.84 Å². The number of piperazine rings is 1. The summed E-state index contributed by atoms with van der Waals surface area (Å²) in [5.74, 6) is 0.940. The summed E-state index contributed by atoms with van der Waals surface area (Å²) in [6.07, 6.45) is 2.60. The Bertz CT molecular complexity index is 450. The summed E-state index contributed by atoms with van der Waals surface area (Å²) in [6.45, 7) is 8.46. The first-order valence-corrected chi connectivity index (χ1v) is 7.59. The number of ether oxygens (including phenoxy) is 1. The van der Waals surface area contributed by atoms with Crippen molar-refractivity contribution in [3.63, 3.8) is 0 Å². The van der Waals surface area contributed by atoms with Crippen LogP contribution in [0.3, 0.4) is 0 Å². The molecule has 1 aliphatic rings. The zero-order valence-electron chi connectivity index (χ0n) is 12.9. The van der Waals surface area contributed by atoms with E-state index in [2.05, 4.69) is 35.6 Å². The first kappa shape index (κ1) is 16.0. The zero-order chi connectivity index (χ0) is 15.1. The lowest BCUT2D eigenvalue weighted by molar-refractivity contribution is 0.0738. The molecule has 1 N–H and O–H groups in total. The fourth-order valence-electron chi connectivity index (χ4n) is 2.78. The molecule has 4 heteroatoms. The minimum absolute atomic E-state index is 0.252. The van der Waals surface area contributed by atoms with Crippen LogP contribution in [-0.4, -0.2) is 60.8 Å². The molecule has 116 valence electrons. The van der Waals surface area contributed by atoms with Gasteiger partial charge in [0.25, 0.3) is 0 Å². The fraction of sp³-hybridized carbons (Fsp3) is 0.529. The second-order valence-corrected chi connectivity index (χ2v) is 5.59. The van der Waals surface area contributed by atoms with Crippen LogP contribution in [0.4, 0.5) is 0 Å². The maximum Gasteiger partial charge on any atom is 0.124 e. The van der Waals surface area contributed by atoms with Gasteiger partial charge in [0.2, 0.25) is 0 Å². The molecule has 0 radical (unpaired) electrons. The van der Waals surface area contributed by atoms with E-state index in [1.165, 1.54) is 5.56 Å². The fourth-order valence-corrected chi connectivity index (χ4v) is 2.78. The first-order valence-electron chi connectivity index (χ1n) is 7.59. The molecule has 0 aliphatic carbocycles. The third-order valence-electron chi connectivity index (χ3n) is 4.05. The number of benzene rings is 1. The second-order valence-electron chi connectivity index (χ2n) is 5.59.